The lowest BCUT2D eigenvalue weighted by molar-refractivity contribution is -0.255. The predicted octanol–water partition coefficient (Wildman–Crippen LogP) is 6.54. The van der Waals surface area contributed by atoms with Gasteiger partial charge in [-0.1, -0.05) is 73.5 Å². The number of ether oxygens (including phenoxy) is 2. The Morgan fingerprint density at radius 2 is 1.58 bits per heavy atom. The average molecular weight is 706 g/mol. The highest BCUT2D eigenvalue weighted by Gasteiger charge is 2.44. The van der Waals surface area contributed by atoms with E-state index in [0.717, 1.165) is 47.0 Å². The first-order chi connectivity index (χ1) is 25.1. The highest BCUT2D eigenvalue weighted by molar-refractivity contribution is 5.93. The lowest BCUT2D eigenvalue weighted by Gasteiger charge is -2.50. The standard InChI is InChI=1S/C42H51N5O5/c1-42(2,3)46-40(50)37-21-20-29-8-4-7-11-36(29)47(37)25-32-22-38(30-16-14-28(26-48)15-17-30)52-41(51-32)31-18-12-27(13-19-31)23-44-39(49)35-24-43-33-9-5-6-10-34(33)45-35/h5-6,9-10,12-19,24,29,32,36-38,41,48H,4,7-8,11,20-23,25-26H2,1-3H3,(H,44,49)(H,46,50). The molecule has 52 heavy (non-hydrogen) atoms. The van der Waals surface area contributed by atoms with Crippen molar-refractivity contribution in [3.63, 3.8) is 0 Å². The van der Waals surface area contributed by atoms with Gasteiger partial charge in [0.1, 0.15) is 5.69 Å². The maximum Gasteiger partial charge on any atom is 0.271 e. The van der Waals surface area contributed by atoms with Crippen molar-refractivity contribution in [3.05, 3.63) is 107 Å². The van der Waals surface area contributed by atoms with Crippen LogP contribution in [0.25, 0.3) is 11.0 Å². The first-order valence-corrected chi connectivity index (χ1v) is 18.8. The van der Waals surface area contributed by atoms with E-state index in [9.17, 15) is 14.7 Å². The Morgan fingerprint density at radius 1 is 0.865 bits per heavy atom. The molecule has 3 aliphatic rings. The van der Waals surface area contributed by atoms with Crippen molar-refractivity contribution in [1.82, 2.24) is 25.5 Å². The second-order valence-electron chi connectivity index (χ2n) is 15.7. The van der Waals surface area contributed by atoms with Crippen molar-refractivity contribution in [3.8, 4) is 0 Å². The Morgan fingerprint density at radius 3 is 2.33 bits per heavy atom. The number of carbonyl (C=O) groups is 2. The summed E-state index contributed by atoms with van der Waals surface area (Å²) in [7, 11) is 0. The van der Waals surface area contributed by atoms with Crippen molar-refractivity contribution >= 4 is 22.8 Å². The molecule has 0 radical (unpaired) electrons. The summed E-state index contributed by atoms with van der Waals surface area (Å²) < 4.78 is 13.5. The van der Waals surface area contributed by atoms with Gasteiger partial charge in [-0.15, -0.1) is 0 Å². The van der Waals surface area contributed by atoms with Crippen LogP contribution >= 0.6 is 0 Å². The molecule has 2 aliphatic heterocycles. The van der Waals surface area contributed by atoms with Crippen LogP contribution in [0.3, 0.4) is 0 Å². The largest absolute Gasteiger partial charge is 0.392 e. The summed E-state index contributed by atoms with van der Waals surface area (Å²) in [6.07, 6.45) is 7.84. The van der Waals surface area contributed by atoms with Gasteiger partial charge in [-0.3, -0.25) is 19.5 Å². The van der Waals surface area contributed by atoms with E-state index >= 15 is 0 Å². The summed E-state index contributed by atoms with van der Waals surface area (Å²) in [5, 5.41) is 15.9. The second-order valence-corrected chi connectivity index (χ2v) is 15.7. The number of fused-ring (bicyclic) bond motifs is 2. The molecule has 1 saturated carbocycles. The van der Waals surface area contributed by atoms with Gasteiger partial charge in [0.05, 0.1) is 42.1 Å². The van der Waals surface area contributed by atoms with E-state index in [1.165, 1.54) is 25.5 Å². The number of likely N-dealkylation sites (tertiary alicyclic amines) is 1. The summed E-state index contributed by atoms with van der Waals surface area (Å²) >= 11 is 0. The van der Waals surface area contributed by atoms with Crippen LogP contribution in [0.2, 0.25) is 0 Å². The molecule has 6 atom stereocenters. The number of amides is 2. The molecular weight excluding hydrogens is 654 g/mol. The molecule has 2 saturated heterocycles. The normalized spacial score (nSPS) is 25.3. The fraction of sp³-hybridized carbons (Fsp3) is 0.476. The minimum absolute atomic E-state index is 0.0157. The first kappa shape index (κ1) is 36.2. The molecule has 2 amide bonds. The molecule has 0 bridgehead atoms. The topological polar surface area (TPSA) is 126 Å². The fourth-order valence-electron chi connectivity index (χ4n) is 8.13. The number of rotatable bonds is 9. The summed E-state index contributed by atoms with van der Waals surface area (Å²) in [5.41, 5.74) is 5.08. The SMILES string of the molecule is CC(C)(C)NC(=O)C1CCC2CCCCC2N1CC1CC(c2ccc(CO)cc2)OC(c2ccc(CNC(=O)c3cnc4ccccc4n3)cc2)O1. The third-order valence-electron chi connectivity index (χ3n) is 10.7. The summed E-state index contributed by atoms with van der Waals surface area (Å²) in [5.74, 6) is 0.421. The predicted molar refractivity (Wildman–Crippen MR) is 199 cm³/mol. The summed E-state index contributed by atoms with van der Waals surface area (Å²) in [6, 6.07) is 23.5. The van der Waals surface area contributed by atoms with E-state index in [-0.39, 0.29) is 47.9 Å². The monoisotopic (exact) mass is 705 g/mol. The van der Waals surface area contributed by atoms with Crippen LogP contribution in [0.1, 0.15) is 111 Å². The molecule has 4 aromatic rings. The highest BCUT2D eigenvalue weighted by Crippen LogP contribution is 2.42. The molecule has 0 spiro atoms. The molecule has 6 unspecified atom stereocenters. The number of nitrogens with zero attached hydrogens (tertiary/aromatic N) is 3. The quantitative estimate of drug-likeness (QED) is 0.180. The second kappa shape index (κ2) is 15.8. The number of hydrogen-bond donors (Lipinski definition) is 3. The lowest BCUT2D eigenvalue weighted by Crippen LogP contribution is -2.61. The number of aliphatic hydroxyl groups is 1. The molecule has 274 valence electrons. The average Bonchev–Trinajstić information content (AvgIpc) is 3.16. The van der Waals surface area contributed by atoms with E-state index in [2.05, 4.69) is 25.5 Å². The van der Waals surface area contributed by atoms with Crippen molar-refractivity contribution in [2.45, 2.75) is 115 Å². The number of aromatic nitrogens is 2. The van der Waals surface area contributed by atoms with Crippen LogP contribution < -0.4 is 10.6 Å². The van der Waals surface area contributed by atoms with Crippen LogP contribution in [-0.2, 0) is 27.4 Å². The maximum absolute atomic E-state index is 13.8. The van der Waals surface area contributed by atoms with Crippen LogP contribution in [0, 0.1) is 5.92 Å². The molecule has 10 heteroatoms. The highest BCUT2D eigenvalue weighted by atomic mass is 16.7. The van der Waals surface area contributed by atoms with Gasteiger partial charge in [0.15, 0.2) is 6.29 Å². The van der Waals surface area contributed by atoms with Crippen molar-refractivity contribution in [1.29, 1.82) is 0 Å². The third-order valence-corrected chi connectivity index (χ3v) is 10.7. The zero-order chi connectivity index (χ0) is 36.2. The zero-order valence-corrected chi connectivity index (χ0v) is 30.5. The van der Waals surface area contributed by atoms with Gasteiger partial charge < -0.3 is 25.2 Å². The van der Waals surface area contributed by atoms with Crippen LogP contribution in [0.4, 0.5) is 0 Å². The van der Waals surface area contributed by atoms with Crippen molar-refractivity contribution in [2.24, 2.45) is 5.92 Å². The van der Waals surface area contributed by atoms with Crippen LogP contribution in [0.15, 0.2) is 79.0 Å². The number of benzene rings is 3. The molecule has 1 aromatic heterocycles. The Kier molecular flexibility index (Phi) is 11.0. The van der Waals surface area contributed by atoms with Crippen LogP contribution in [0.5, 0.6) is 0 Å². The summed E-state index contributed by atoms with van der Waals surface area (Å²) in [6.45, 7) is 7.09. The first-order valence-electron chi connectivity index (χ1n) is 18.8. The molecule has 7 rings (SSSR count). The molecule has 10 nitrogen and oxygen atoms in total. The van der Waals surface area contributed by atoms with E-state index in [0.29, 0.717) is 37.0 Å². The Bertz CT molecular complexity index is 1840. The van der Waals surface area contributed by atoms with E-state index in [1.54, 1.807) is 0 Å². The minimum atomic E-state index is -0.619. The Hall–Kier alpha value is -4.22. The van der Waals surface area contributed by atoms with Gasteiger partial charge in [0, 0.05) is 36.7 Å². The lowest BCUT2D eigenvalue weighted by atomic mass is 9.75. The molecule has 1 aliphatic carbocycles. The minimum Gasteiger partial charge on any atom is -0.392 e. The fourth-order valence-corrected chi connectivity index (χ4v) is 8.13. The molecule has 3 aromatic carbocycles. The molecular formula is C42H51N5O5. The molecule has 3 heterocycles. The smallest absolute Gasteiger partial charge is 0.271 e. The zero-order valence-electron chi connectivity index (χ0n) is 30.5. The number of para-hydroxylation sites is 2. The van der Waals surface area contributed by atoms with Gasteiger partial charge in [0.2, 0.25) is 5.91 Å². The summed E-state index contributed by atoms with van der Waals surface area (Å²) in [4.78, 5) is 38.0. The number of nitrogens with one attached hydrogen (secondary N) is 2. The maximum atomic E-state index is 13.8. The third kappa shape index (κ3) is 8.52. The van der Waals surface area contributed by atoms with Gasteiger partial charge in [-0.25, -0.2) is 4.98 Å². The van der Waals surface area contributed by atoms with Crippen molar-refractivity contribution in [2.75, 3.05) is 6.54 Å². The van der Waals surface area contributed by atoms with Gasteiger partial charge in [-0.05, 0) is 81.2 Å². The van der Waals surface area contributed by atoms with Crippen molar-refractivity contribution < 1.29 is 24.2 Å². The van der Waals surface area contributed by atoms with E-state index < -0.39 is 6.29 Å². The molecule has 3 N–H and O–H groups in total. The molecule has 3 fully saturated rings. The van der Waals surface area contributed by atoms with Gasteiger partial charge >= 0.3 is 0 Å². The van der Waals surface area contributed by atoms with Gasteiger partial charge in [0.25, 0.3) is 5.91 Å². The Labute approximate surface area is 306 Å². The number of carbonyl (C=O) groups excluding carboxylic acids is 2. The number of piperidine rings is 1. The number of aliphatic hydroxyl groups excluding tert-OH is 1. The van der Waals surface area contributed by atoms with Gasteiger partial charge in [-0.2, -0.15) is 0 Å². The van der Waals surface area contributed by atoms with E-state index in [4.69, 9.17) is 9.47 Å². The Balaban J connectivity index is 1.08. The van der Waals surface area contributed by atoms with Crippen LogP contribution in [-0.4, -0.2) is 62.1 Å². The number of hydrogen-bond acceptors (Lipinski definition) is 8. The van der Waals surface area contributed by atoms with E-state index in [1.807, 2.05) is 93.6 Å².